The summed E-state index contributed by atoms with van der Waals surface area (Å²) in [6, 6.07) is 0.568. The second-order valence-electron chi connectivity index (χ2n) is 10.2. The van der Waals surface area contributed by atoms with Gasteiger partial charge in [-0.15, -0.1) is 0 Å². The molecule has 0 aromatic carbocycles. The molecule has 11 heteroatoms. The van der Waals surface area contributed by atoms with Gasteiger partial charge in [0.1, 0.15) is 17.4 Å². The summed E-state index contributed by atoms with van der Waals surface area (Å²) in [4.78, 5) is 50.7. The molecule has 2 atom stereocenters. The van der Waals surface area contributed by atoms with Gasteiger partial charge >= 0.3 is 6.09 Å². The van der Waals surface area contributed by atoms with E-state index in [0.717, 1.165) is 17.9 Å². The number of ether oxygens (including phenoxy) is 1. The number of rotatable bonds is 7. The average molecular weight is 464 g/mol. The lowest BCUT2D eigenvalue weighted by molar-refractivity contribution is -0.130. The number of hydrogen-bond acceptors (Lipinski definition) is 7. The lowest BCUT2D eigenvalue weighted by Crippen LogP contribution is -2.56. The molecule has 1 aliphatic carbocycles. The number of hydrogen-bond donors (Lipinski definition) is 3. The fourth-order valence-corrected chi connectivity index (χ4v) is 3.56. The van der Waals surface area contributed by atoms with E-state index in [4.69, 9.17) is 9.26 Å². The van der Waals surface area contributed by atoms with Crippen molar-refractivity contribution in [1.29, 1.82) is 0 Å². The minimum atomic E-state index is -0.913. The second-order valence-corrected chi connectivity index (χ2v) is 10.2. The van der Waals surface area contributed by atoms with E-state index in [1.165, 1.54) is 6.07 Å². The summed E-state index contributed by atoms with van der Waals surface area (Å²) in [6.45, 7) is 9.31. The highest BCUT2D eigenvalue weighted by Gasteiger charge is 2.42. The molecule has 0 bridgehead atoms. The second kappa shape index (κ2) is 9.40. The Bertz CT molecular complexity index is 917. The predicted octanol–water partition coefficient (Wildman–Crippen LogP) is 1.68. The number of hydrazine groups is 1. The zero-order valence-corrected chi connectivity index (χ0v) is 19.8. The predicted molar refractivity (Wildman–Crippen MR) is 117 cm³/mol. The van der Waals surface area contributed by atoms with E-state index in [-0.39, 0.29) is 23.6 Å². The third kappa shape index (κ3) is 6.93. The molecule has 4 amide bonds. The average Bonchev–Trinajstić information content (AvgIpc) is 3.07. The van der Waals surface area contributed by atoms with Gasteiger partial charge < -0.3 is 19.9 Å². The first kappa shape index (κ1) is 24.5. The van der Waals surface area contributed by atoms with Crippen LogP contribution in [0.3, 0.4) is 0 Å². The topological polar surface area (TPSA) is 143 Å². The Morgan fingerprint density at radius 1 is 1.36 bits per heavy atom. The number of nitrogens with one attached hydrogen (secondary N) is 3. The molecule has 1 aromatic heterocycles. The molecule has 182 valence electrons. The molecule has 1 saturated carbocycles. The summed E-state index contributed by atoms with van der Waals surface area (Å²) in [5.74, 6) is -1.29. The zero-order chi connectivity index (χ0) is 24.4. The number of amides is 4. The molecule has 33 heavy (non-hydrogen) atoms. The molecule has 0 radical (unpaired) electrons. The summed E-state index contributed by atoms with van der Waals surface area (Å²) in [6.07, 6.45) is 2.04. The monoisotopic (exact) mass is 463 g/mol. The molecule has 1 aliphatic heterocycles. The Kier molecular flexibility index (Phi) is 6.99. The van der Waals surface area contributed by atoms with Crippen LogP contribution in [0.25, 0.3) is 0 Å². The largest absolute Gasteiger partial charge is 0.442 e. The van der Waals surface area contributed by atoms with E-state index in [1.807, 2.05) is 6.92 Å². The van der Waals surface area contributed by atoms with Gasteiger partial charge in [-0.2, -0.15) is 0 Å². The number of carbonyl (C=O) groups excluding carboxylic acids is 4. The third-order valence-electron chi connectivity index (χ3n) is 5.71. The van der Waals surface area contributed by atoms with Crippen molar-refractivity contribution in [3.05, 3.63) is 17.5 Å². The lowest BCUT2D eigenvalue weighted by Gasteiger charge is -2.30. The van der Waals surface area contributed by atoms with Gasteiger partial charge in [-0.05, 0) is 58.8 Å². The molecule has 3 N–H and O–H groups in total. The van der Waals surface area contributed by atoms with Gasteiger partial charge in [-0.3, -0.25) is 19.8 Å². The van der Waals surface area contributed by atoms with Crippen LogP contribution in [-0.4, -0.2) is 58.7 Å². The van der Waals surface area contributed by atoms with Crippen molar-refractivity contribution in [2.75, 3.05) is 13.1 Å². The van der Waals surface area contributed by atoms with E-state index < -0.39 is 35.5 Å². The van der Waals surface area contributed by atoms with E-state index in [2.05, 4.69) is 21.2 Å². The minimum absolute atomic E-state index is 0.0348. The Hall–Kier alpha value is -3.11. The van der Waals surface area contributed by atoms with Gasteiger partial charge in [0.25, 0.3) is 11.8 Å². The fourth-order valence-electron chi connectivity index (χ4n) is 3.56. The molecule has 1 saturated heterocycles. The molecule has 2 fully saturated rings. The van der Waals surface area contributed by atoms with Gasteiger partial charge in [-0.25, -0.2) is 9.80 Å². The van der Waals surface area contributed by atoms with Crippen molar-refractivity contribution in [3.8, 4) is 0 Å². The van der Waals surface area contributed by atoms with Crippen LogP contribution in [-0.2, 0) is 14.3 Å². The third-order valence-corrected chi connectivity index (χ3v) is 5.71. The van der Waals surface area contributed by atoms with Gasteiger partial charge in [0, 0.05) is 12.6 Å². The first-order valence-corrected chi connectivity index (χ1v) is 11.2. The summed E-state index contributed by atoms with van der Waals surface area (Å²) >= 11 is 0. The van der Waals surface area contributed by atoms with Crippen LogP contribution in [0.4, 0.5) is 4.79 Å². The smallest absolute Gasteiger partial charge is 0.429 e. The standard InChI is InChI=1S/C22H33N5O6/c1-13-10-15(26-33-13)18(29)24-16(11-22(5)7-8-22)19(30)25-27(20(31)32-21(2,3)4)12-14-6-9-23-17(14)28/h10,14,16H,6-9,11-12H2,1-5H3,(H,23,28)(H,24,29)(H,25,30)/t14-,16?/m0/s1. The molecule has 1 aromatic rings. The van der Waals surface area contributed by atoms with Crippen molar-refractivity contribution in [1.82, 2.24) is 26.2 Å². The van der Waals surface area contributed by atoms with Crippen LogP contribution in [0.15, 0.2) is 10.6 Å². The van der Waals surface area contributed by atoms with Crippen LogP contribution >= 0.6 is 0 Å². The van der Waals surface area contributed by atoms with Gasteiger partial charge in [0.15, 0.2) is 5.69 Å². The Morgan fingerprint density at radius 2 is 2.06 bits per heavy atom. The van der Waals surface area contributed by atoms with Crippen LogP contribution in [0.2, 0.25) is 0 Å². The molecule has 0 spiro atoms. The van der Waals surface area contributed by atoms with Crippen molar-refractivity contribution < 1.29 is 28.4 Å². The Balaban J connectivity index is 1.74. The lowest BCUT2D eigenvalue weighted by atomic mass is 9.98. The van der Waals surface area contributed by atoms with Crippen molar-refractivity contribution in [2.45, 2.75) is 71.9 Å². The summed E-state index contributed by atoms with van der Waals surface area (Å²) in [7, 11) is 0. The molecule has 2 aliphatic rings. The van der Waals surface area contributed by atoms with Crippen LogP contribution in [0.1, 0.15) is 69.6 Å². The van der Waals surface area contributed by atoms with Crippen LogP contribution < -0.4 is 16.1 Å². The SMILES string of the molecule is Cc1cc(C(=O)NC(CC2(C)CC2)C(=O)NN(C[C@@H]2CCNC2=O)C(=O)OC(C)(C)C)no1. The fraction of sp³-hybridized carbons (Fsp3) is 0.682. The molecular formula is C22H33N5O6. The number of carbonyl (C=O) groups is 4. The van der Waals surface area contributed by atoms with E-state index >= 15 is 0 Å². The molecule has 11 nitrogen and oxygen atoms in total. The van der Waals surface area contributed by atoms with Crippen molar-refractivity contribution in [2.24, 2.45) is 11.3 Å². The van der Waals surface area contributed by atoms with E-state index in [9.17, 15) is 19.2 Å². The Morgan fingerprint density at radius 3 is 2.58 bits per heavy atom. The number of aromatic nitrogens is 1. The number of nitrogens with zero attached hydrogens (tertiary/aromatic N) is 2. The summed E-state index contributed by atoms with van der Waals surface area (Å²) in [5.41, 5.74) is 1.78. The van der Waals surface area contributed by atoms with E-state index in [0.29, 0.717) is 25.1 Å². The van der Waals surface area contributed by atoms with Crippen molar-refractivity contribution in [3.63, 3.8) is 0 Å². The zero-order valence-electron chi connectivity index (χ0n) is 19.8. The maximum atomic E-state index is 13.2. The minimum Gasteiger partial charge on any atom is -0.442 e. The van der Waals surface area contributed by atoms with Gasteiger partial charge in [0.2, 0.25) is 5.91 Å². The summed E-state index contributed by atoms with van der Waals surface area (Å²) in [5, 5.41) is 10.2. The van der Waals surface area contributed by atoms with Gasteiger partial charge in [-0.1, -0.05) is 12.1 Å². The summed E-state index contributed by atoms with van der Waals surface area (Å²) < 4.78 is 10.4. The quantitative estimate of drug-likeness (QED) is 0.522. The molecular weight excluding hydrogens is 430 g/mol. The van der Waals surface area contributed by atoms with Crippen molar-refractivity contribution >= 4 is 23.8 Å². The molecule has 2 heterocycles. The first-order valence-electron chi connectivity index (χ1n) is 11.2. The van der Waals surface area contributed by atoms with E-state index in [1.54, 1.807) is 27.7 Å². The maximum Gasteiger partial charge on any atom is 0.429 e. The highest BCUT2D eigenvalue weighted by atomic mass is 16.6. The molecule has 3 rings (SSSR count). The maximum absolute atomic E-state index is 13.2. The first-order chi connectivity index (χ1) is 15.3. The number of aryl methyl sites for hydroxylation is 1. The van der Waals surface area contributed by atoms with Crippen LogP contribution in [0.5, 0.6) is 0 Å². The Labute approximate surface area is 192 Å². The highest BCUT2D eigenvalue weighted by Crippen LogP contribution is 2.48. The highest BCUT2D eigenvalue weighted by molar-refractivity contribution is 5.96. The molecule has 1 unspecified atom stereocenters. The van der Waals surface area contributed by atoms with Crippen LogP contribution in [0, 0.1) is 18.3 Å². The van der Waals surface area contributed by atoms with Gasteiger partial charge in [0.05, 0.1) is 12.5 Å². The normalized spacial score (nSPS) is 19.9.